The number of rotatable bonds is 10. The van der Waals surface area contributed by atoms with E-state index in [1.54, 1.807) is 9.25 Å². The fraction of sp³-hybridized carbons (Fsp3) is 0.333. The van der Waals surface area contributed by atoms with Gasteiger partial charge in [0.1, 0.15) is 29.4 Å². The average Bonchev–Trinajstić information content (AvgIpc) is 3.61. The number of H-pyrrole nitrogens is 1. The highest BCUT2D eigenvalue weighted by Crippen LogP contribution is 2.28. The third-order valence-electron chi connectivity index (χ3n) is 5.56. The average molecular weight is 469 g/mol. The quantitative estimate of drug-likeness (QED) is 0.347. The highest BCUT2D eigenvalue weighted by Gasteiger charge is 2.21. The Morgan fingerprint density at radius 1 is 1.11 bits per heavy atom. The Bertz CT molecular complexity index is 1400. The molecule has 0 radical (unpaired) electrons. The molecule has 4 rings (SSSR count). The van der Waals surface area contributed by atoms with Gasteiger partial charge in [-0.3, -0.25) is 9.36 Å². The molecule has 0 saturated heterocycles. The molecular formula is C24H24N10O. The van der Waals surface area contributed by atoms with Crippen molar-refractivity contribution in [1.82, 2.24) is 40.0 Å². The van der Waals surface area contributed by atoms with Crippen molar-refractivity contribution in [2.75, 3.05) is 0 Å². The summed E-state index contributed by atoms with van der Waals surface area (Å²) in [4.78, 5) is 16.9. The lowest BCUT2D eigenvalue weighted by atomic mass is 10.2. The van der Waals surface area contributed by atoms with Crippen LogP contribution in [0.3, 0.4) is 0 Å². The second kappa shape index (κ2) is 10.5. The number of hydrogen-bond donors (Lipinski definition) is 1. The van der Waals surface area contributed by atoms with Gasteiger partial charge < -0.3 is 0 Å². The van der Waals surface area contributed by atoms with E-state index < -0.39 is 0 Å². The first-order valence-corrected chi connectivity index (χ1v) is 11.5. The van der Waals surface area contributed by atoms with Crippen LogP contribution in [0.1, 0.15) is 72.8 Å². The van der Waals surface area contributed by atoms with Crippen molar-refractivity contribution in [2.45, 2.75) is 52.5 Å². The summed E-state index contributed by atoms with van der Waals surface area (Å²) in [5.41, 5.74) is 2.63. The zero-order valence-electron chi connectivity index (χ0n) is 19.6. The molecule has 0 aliphatic heterocycles. The third kappa shape index (κ3) is 4.84. The van der Waals surface area contributed by atoms with E-state index in [1.165, 1.54) is 6.07 Å². The van der Waals surface area contributed by atoms with Crippen molar-refractivity contribution in [3.63, 3.8) is 0 Å². The van der Waals surface area contributed by atoms with Crippen molar-refractivity contribution < 1.29 is 4.79 Å². The first-order chi connectivity index (χ1) is 17.1. The number of tetrazole rings is 1. The predicted molar refractivity (Wildman–Crippen MR) is 125 cm³/mol. The number of aromatic nitrogens is 8. The fourth-order valence-corrected chi connectivity index (χ4v) is 3.84. The fourth-order valence-electron chi connectivity index (χ4n) is 3.84. The summed E-state index contributed by atoms with van der Waals surface area (Å²) in [6, 6.07) is 13.3. The highest BCUT2D eigenvalue weighted by atomic mass is 16.1. The number of nitriles is 2. The molecular weight excluding hydrogens is 444 g/mol. The third-order valence-corrected chi connectivity index (χ3v) is 5.56. The smallest absolute Gasteiger partial charge is 0.217 e. The van der Waals surface area contributed by atoms with E-state index in [4.69, 9.17) is 0 Å². The van der Waals surface area contributed by atoms with Gasteiger partial charge in [0.25, 0.3) is 0 Å². The lowest BCUT2D eigenvalue weighted by molar-refractivity contribution is 0.0971. The predicted octanol–water partition coefficient (Wildman–Crippen LogP) is 3.37. The van der Waals surface area contributed by atoms with Crippen LogP contribution in [-0.4, -0.2) is 45.7 Å². The van der Waals surface area contributed by atoms with Crippen LogP contribution < -0.4 is 0 Å². The highest BCUT2D eigenvalue weighted by molar-refractivity contribution is 5.92. The van der Waals surface area contributed by atoms with E-state index in [1.807, 2.05) is 31.2 Å². The zero-order valence-corrected chi connectivity index (χ0v) is 19.6. The number of benzene rings is 1. The van der Waals surface area contributed by atoms with Gasteiger partial charge in [0.15, 0.2) is 5.82 Å². The van der Waals surface area contributed by atoms with E-state index in [-0.39, 0.29) is 22.9 Å². The molecule has 0 spiro atoms. The lowest BCUT2D eigenvalue weighted by Crippen LogP contribution is -2.08. The number of hydrogen-bond acceptors (Lipinski definition) is 8. The number of unbranched alkanes of at least 4 members (excludes halogenated alkanes) is 1. The number of carbonyl (C=O) groups excluding carboxylic acids is 1. The summed E-state index contributed by atoms with van der Waals surface area (Å²) in [6.07, 6.45) is 3.91. The van der Waals surface area contributed by atoms with Crippen LogP contribution in [0, 0.1) is 22.7 Å². The summed E-state index contributed by atoms with van der Waals surface area (Å²) in [6.45, 7) is 4.53. The maximum Gasteiger partial charge on any atom is 0.217 e. The Balaban J connectivity index is 1.66. The van der Waals surface area contributed by atoms with Crippen LogP contribution in [0.15, 0.2) is 30.3 Å². The van der Waals surface area contributed by atoms with Crippen LogP contribution in [0.25, 0.3) is 17.2 Å². The minimum atomic E-state index is -0.0429. The monoisotopic (exact) mass is 468 g/mol. The SMILES string of the molecule is CCCCc1nc(C(=O)CCC)nn1Cc1ccc(-n2c(C#N)cc(C#N)c2-c2nnn[nH]2)cc1. The molecule has 0 aliphatic carbocycles. The standard InChI is InChI=1S/C24H24N10O/c1-3-5-7-21-27-23(20(35)6-4-2)30-33(21)15-16-8-10-18(11-9-16)34-19(14-26)12-17(13-25)22(34)24-28-31-32-29-24/h8-12H,3-7,15H2,1-2H3,(H,28,29,31,32). The molecule has 0 amide bonds. The maximum absolute atomic E-state index is 12.3. The van der Waals surface area contributed by atoms with Crippen LogP contribution in [0.4, 0.5) is 0 Å². The van der Waals surface area contributed by atoms with Crippen LogP contribution in [0.2, 0.25) is 0 Å². The first-order valence-electron chi connectivity index (χ1n) is 11.5. The van der Waals surface area contributed by atoms with Gasteiger partial charge in [-0.1, -0.05) is 32.4 Å². The molecule has 11 nitrogen and oxygen atoms in total. The van der Waals surface area contributed by atoms with Crippen LogP contribution in [0.5, 0.6) is 0 Å². The largest absolute Gasteiger partial charge is 0.297 e. The Morgan fingerprint density at radius 3 is 2.54 bits per heavy atom. The van der Waals surface area contributed by atoms with Gasteiger partial charge in [-0.25, -0.2) is 14.8 Å². The number of nitrogens with one attached hydrogen (secondary N) is 1. The molecule has 3 aromatic heterocycles. The number of carbonyl (C=O) groups is 1. The summed E-state index contributed by atoms with van der Waals surface area (Å²) >= 11 is 0. The molecule has 1 N–H and O–H groups in total. The molecule has 0 unspecified atom stereocenters. The van der Waals surface area contributed by atoms with Gasteiger partial charge in [0.2, 0.25) is 11.6 Å². The zero-order chi connectivity index (χ0) is 24.8. The molecule has 11 heteroatoms. The van der Waals surface area contributed by atoms with Gasteiger partial charge in [0, 0.05) is 18.5 Å². The van der Waals surface area contributed by atoms with Crippen LogP contribution >= 0.6 is 0 Å². The second-order valence-electron chi connectivity index (χ2n) is 8.05. The molecule has 176 valence electrons. The summed E-state index contributed by atoms with van der Waals surface area (Å²) in [7, 11) is 0. The van der Waals surface area contributed by atoms with E-state index in [0.717, 1.165) is 37.1 Å². The molecule has 1 aromatic carbocycles. The van der Waals surface area contributed by atoms with E-state index in [9.17, 15) is 15.3 Å². The Kier molecular flexibility index (Phi) is 7.07. The van der Waals surface area contributed by atoms with Crippen molar-refractivity contribution >= 4 is 5.78 Å². The van der Waals surface area contributed by atoms with Gasteiger partial charge in [0.05, 0.1) is 12.1 Å². The molecule has 0 fully saturated rings. The first kappa shape index (κ1) is 23.5. The number of aryl methyl sites for hydroxylation is 1. The van der Waals surface area contributed by atoms with E-state index in [0.29, 0.717) is 30.2 Å². The van der Waals surface area contributed by atoms with E-state index >= 15 is 0 Å². The molecule has 4 aromatic rings. The van der Waals surface area contributed by atoms with E-state index in [2.05, 4.69) is 49.8 Å². The molecule has 3 heterocycles. The molecule has 0 saturated carbocycles. The summed E-state index contributed by atoms with van der Waals surface area (Å²) < 4.78 is 3.44. The van der Waals surface area contributed by atoms with Crippen molar-refractivity contribution in [2.24, 2.45) is 0 Å². The topological polar surface area (TPSA) is 155 Å². The lowest BCUT2D eigenvalue weighted by Gasteiger charge is -2.11. The van der Waals surface area contributed by atoms with Crippen molar-refractivity contribution in [3.8, 4) is 29.3 Å². The minimum Gasteiger partial charge on any atom is -0.297 e. The summed E-state index contributed by atoms with van der Waals surface area (Å²) in [5, 5.41) is 37.5. The normalized spacial score (nSPS) is 10.7. The van der Waals surface area contributed by atoms with Gasteiger partial charge in [-0.2, -0.15) is 10.5 Å². The molecule has 35 heavy (non-hydrogen) atoms. The van der Waals surface area contributed by atoms with Crippen LogP contribution in [-0.2, 0) is 13.0 Å². The number of Topliss-reactive ketones (excluding diaryl/α,β-unsaturated/α-hetero) is 1. The Morgan fingerprint density at radius 2 is 1.91 bits per heavy atom. The summed E-state index contributed by atoms with van der Waals surface area (Å²) in [5.74, 6) is 1.32. The molecule has 0 bridgehead atoms. The second-order valence-corrected chi connectivity index (χ2v) is 8.05. The maximum atomic E-state index is 12.3. The van der Waals surface area contributed by atoms with Gasteiger partial charge in [-0.15, -0.1) is 10.2 Å². The number of aromatic amines is 1. The van der Waals surface area contributed by atoms with Crippen molar-refractivity contribution in [1.29, 1.82) is 10.5 Å². The Labute approximate surface area is 202 Å². The number of ketones is 1. The Hall–Kier alpha value is -4.64. The van der Waals surface area contributed by atoms with Gasteiger partial charge >= 0.3 is 0 Å². The molecule has 0 aliphatic rings. The van der Waals surface area contributed by atoms with Gasteiger partial charge in [-0.05, 0) is 47.0 Å². The minimum absolute atomic E-state index is 0.0429. The molecule has 0 atom stereocenters. The number of nitrogens with zero attached hydrogens (tertiary/aromatic N) is 9. The van der Waals surface area contributed by atoms with Crippen molar-refractivity contribution in [3.05, 3.63) is 58.8 Å².